The van der Waals surface area contributed by atoms with Crippen LogP contribution in [0, 0.1) is 0 Å². The van der Waals surface area contributed by atoms with Gasteiger partial charge in [-0.25, -0.2) is 4.79 Å². The maximum Gasteiger partial charge on any atom is 0.328 e. The normalized spacial score (nSPS) is 18.5. The number of carbonyl (C=O) groups is 1. The molecule has 0 radical (unpaired) electrons. The van der Waals surface area contributed by atoms with Gasteiger partial charge in [-0.05, 0) is 25.3 Å². The van der Waals surface area contributed by atoms with Crippen LogP contribution in [-0.4, -0.2) is 30.7 Å². The fourth-order valence-electron chi connectivity index (χ4n) is 1.58. The summed E-state index contributed by atoms with van der Waals surface area (Å²) in [4.78, 5) is 11.7. The first kappa shape index (κ1) is 12.5. The standard InChI is InChI=1S/C9H15NO2.ClH/c11-9(12)5-4-8-10-6-2-1-3-7-10;/h4-5H,1-3,6-8H2,(H,11,12);1H/b5-4+;. The topological polar surface area (TPSA) is 41.7 Å². The second-order valence-corrected chi connectivity index (χ2v) is 3.26. The Morgan fingerprint density at radius 3 is 2.46 bits per heavy atom. The summed E-state index contributed by atoms with van der Waals surface area (Å²) >= 11 is 0. The minimum atomic E-state index is -0.841. The molecule has 1 heterocycles. The molecule has 4 heteroatoms. The van der Waals surface area contributed by atoms with Gasteiger partial charge < -0.3 is 22.4 Å². The Kier molecular flexibility index (Phi) is 6.63. The molecule has 2 N–H and O–H groups in total. The zero-order chi connectivity index (χ0) is 8.81. The second-order valence-electron chi connectivity index (χ2n) is 3.26. The zero-order valence-corrected chi connectivity index (χ0v) is 8.39. The van der Waals surface area contributed by atoms with Gasteiger partial charge in [-0.15, -0.1) is 0 Å². The highest BCUT2D eigenvalue weighted by atomic mass is 35.5. The van der Waals surface area contributed by atoms with Crippen LogP contribution in [0.3, 0.4) is 0 Å². The minimum Gasteiger partial charge on any atom is -1.00 e. The van der Waals surface area contributed by atoms with E-state index in [0.717, 1.165) is 6.54 Å². The van der Waals surface area contributed by atoms with Gasteiger partial charge in [0.2, 0.25) is 0 Å². The largest absolute Gasteiger partial charge is 1.00 e. The molecule has 0 amide bonds. The van der Waals surface area contributed by atoms with Crippen molar-refractivity contribution in [3.63, 3.8) is 0 Å². The number of carboxylic acids is 1. The average molecular weight is 206 g/mol. The molecule has 0 saturated carbocycles. The van der Waals surface area contributed by atoms with E-state index in [9.17, 15) is 4.79 Å². The molecule has 0 spiro atoms. The summed E-state index contributed by atoms with van der Waals surface area (Å²) in [5, 5.41) is 8.35. The molecule has 1 fully saturated rings. The number of rotatable bonds is 3. The average Bonchev–Trinajstić information content (AvgIpc) is 2.05. The van der Waals surface area contributed by atoms with E-state index in [1.165, 1.54) is 43.3 Å². The van der Waals surface area contributed by atoms with Crippen LogP contribution in [0.4, 0.5) is 0 Å². The van der Waals surface area contributed by atoms with Crippen molar-refractivity contribution in [2.75, 3.05) is 19.6 Å². The maximum absolute atomic E-state index is 10.1. The van der Waals surface area contributed by atoms with Crippen molar-refractivity contribution < 1.29 is 27.2 Å². The van der Waals surface area contributed by atoms with Crippen LogP contribution in [0.15, 0.2) is 12.2 Å². The lowest BCUT2D eigenvalue weighted by atomic mass is 10.1. The van der Waals surface area contributed by atoms with Gasteiger partial charge >= 0.3 is 5.97 Å². The van der Waals surface area contributed by atoms with Crippen LogP contribution in [0.2, 0.25) is 0 Å². The molecule has 1 saturated heterocycles. The Morgan fingerprint density at radius 2 is 1.92 bits per heavy atom. The van der Waals surface area contributed by atoms with Gasteiger partial charge in [-0.2, -0.15) is 0 Å². The van der Waals surface area contributed by atoms with Crippen molar-refractivity contribution in [2.24, 2.45) is 0 Å². The van der Waals surface area contributed by atoms with E-state index >= 15 is 0 Å². The molecule has 1 rings (SSSR count). The Hall–Kier alpha value is -0.540. The van der Waals surface area contributed by atoms with E-state index in [4.69, 9.17) is 5.11 Å². The molecule has 1 aliphatic heterocycles. The van der Waals surface area contributed by atoms with E-state index in [0.29, 0.717) is 0 Å². The number of nitrogens with one attached hydrogen (secondary N) is 1. The van der Waals surface area contributed by atoms with Gasteiger partial charge in [-0.1, -0.05) is 0 Å². The highest BCUT2D eigenvalue weighted by Gasteiger charge is 2.10. The Labute approximate surface area is 84.8 Å². The highest BCUT2D eigenvalue weighted by molar-refractivity contribution is 5.79. The molecule has 13 heavy (non-hydrogen) atoms. The van der Waals surface area contributed by atoms with Crippen LogP contribution in [0.1, 0.15) is 19.3 Å². The number of piperidine rings is 1. The smallest absolute Gasteiger partial charge is 0.328 e. The molecule has 0 bridgehead atoms. The van der Waals surface area contributed by atoms with Gasteiger partial charge in [0.1, 0.15) is 0 Å². The SMILES string of the molecule is O=C(O)/C=C/C[NH+]1CCCCC1.[Cl-]. The zero-order valence-electron chi connectivity index (χ0n) is 7.63. The molecule has 0 unspecified atom stereocenters. The molecule has 0 atom stereocenters. The Balaban J connectivity index is 0.00000144. The van der Waals surface area contributed by atoms with E-state index in [1.807, 2.05) is 0 Å². The van der Waals surface area contributed by atoms with Crippen molar-refractivity contribution in [3.05, 3.63) is 12.2 Å². The van der Waals surface area contributed by atoms with Crippen molar-refractivity contribution >= 4 is 5.97 Å². The van der Waals surface area contributed by atoms with Gasteiger partial charge in [0.25, 0.3) is 0 Å². The van der Waals surface area contributed by atoms with E-state index in [-0.39, 0.29) is 12.4 Å². The summed E-state index contributed by atoms with van der Waals surface area (Å²) in [5.41, 5.74) is 0. The number of halogens is 1. The molecule has 0 aromatic heterocycles. The molecular weight excluding hydrogens is 190 g/mol. The number of likely N-dealkylation sites (tertiary alicyclic amines) is 1. The van der Waals surface area contributed by atoms with Crippen LogP contribution in [-0.2, 0) is 4.79 Å². The molecule has 0 aromatic rings. The molecular formula is C9H16ClNO2. The Bertz CT molecular complexity index is 176. The third kappa shape index (κ3) is 5.66. The molecule has 0 aromatic carbocycles. The van der Waals surface area contributed by atoms with Crippen molar-refractivity contribution in [1.82, 2.24) is 0 Å². The van der Waals surface area contributed by atoms with Gasteiger partial charge in [0, 0.05) is 6.08 Å². The van der Waals surface area contributed by atoms with Gasteiger partial charge in [0.05, 0.1) is 19.6 Å². The quantitative estimate of drug-likeness (QED) is 0.474. The van der Waals surface area contributed by atoms with Crippen molar-refractivity contribution in [3.8, 4) is 0 Å². The predicted molar refractivity (Wildman–Crippen MR) is 46.2 cm³/mol. The Morgan fingerprint density at radius 1 is 1.31 bits per heavy atom. The summed E-state index contributed by atoms with van der Waals surface area (Å²) < 4.78 is 0. The predicted octanol–water partition coefficient (Wildman–Crippen LogP) is -3.30. The number of hydrogen-bond donors (Lipinski definition) is 2. The fraction of sp³-hybridized carbons (Fsp3) is 0.667. The van der Waals surface area contributed by atoms with E-state index < -0.39 is 5.97 Å². The number of hydrogen-bond acceptors (Lipinski definition) is 1. The summed E-state index contributed by atoms with van der Waals surface area (Å²) in [6.45, 7) is 3.26. The number of aliphatic carboxylic acids is 1. The monoisotopic (exact) mass is 205 g/mol. The third-order valence-electron chi connectivity index (χ3n) is 2.23. The minimum absolute atomic E-state index is 0. The molecule has 76 valence electrons. The first-order chi connectivity index (χ1) is 5.79. The molecule has 0 aliphatic carbocycles. The summed E-state index contributed by atoms with van der Waals surface area (Å²) in [6, 6.07) is 0. The summed E-state index contributed by atoms with van der Waals surface area (Å²) in [6.07, 6.45) is 6.91. The van der Waals surface area contributed by atoms with Crippen LogP contribution >= 0.6 is 0 Å². The first-order valence-corrected chi connectivity index (χ1v) is 4.52. The lowest BCUT2D eigenvalue weighted by molar-refractivity contribution is -0.899. The van der Waals surface area contributed by atoms with E-state index in [2.05, 4.69) is 0 Å². The lowest BCUT2D eigenvalue weighted by Crippen LogP contribution is -3.12. The maximum atomic E-state index is 10.1. The van der Waals surface area contributed by atoms with E-state index in [1.54, 1.807) is 6.08 Å². The van der Waals surface area contributed by atoms with Gasteiger partial charge in [-0.3, -0.25) is 0 Å². The van der Waals surface area contributed by atoms with Crippen LogP contribution in [0.5, 0.6) is 0 Å². The van der Waals surface area contributed by atoms with Crippen LogP contribution in [0.25, 0.3) is 0 Å². The number of quaternary nitrogens is 1. The van der Waals surface area contributed by atoms with Crippen molar-refractivity contribution in [2.45, 2.75) is 19.3 Å². The summed E-state index contributed by atoms with van der Waals surface area (Å²) in [7, 11) is 0. The third-order valence-corrected chi connectivity index (χ3v) is 2.23. The lowest BCUT2D eigenvalue weighted by Gasteiger charge is -2.21. The van der Waals surface area contributed by atoms with Crippen LogP contribution < -0.4 is 17.3 Å². The first-order valence-electron chi connectivity index (χ1n) is 4.52. The van der Waals surface area contributed by atoms with Gasteiger partial charge in [0.15, 0.2) is 0 Å². The van der Waals surface area contributed by atoms with Crippen molar-refractivity contribution in [1.29, 1.82) is 0 Å². The second kappa shape index (κ2) is 6.92. The fourth-order valence-corrected chi connectivity index (χ4v) is 1.58. The molecule has 3 nitrogen and oxygen atoms in total. The summed E-state index contributed by atoms with van der Waals surface area (Å²) in [5.74, 6) is -0.841. The molecule has 1 aliphatic rings. The highest BCUT2D eigenvalue weighted by Crippen LogP contribution is 1.93. The number of carboxylic acid groups (broad SMARTS) is 1.